The molecule has 0 saturated heterocycles. The lowest BCUT2D eigenvalue weighted by Crippen LogP contribution is -2.55. The Hall–Kier alpha value is -4.02. The number of hydrazine groups is 1. The molecule has 0 spiro atoms. The lowest BCUT2D eigenvalue weighted by atomic mass is 9.68. The Morgan fingerprint density at radius 3 is 2.14 bits per heavy atom. The Balaban J connectivity index is 1.58. The van der Waals surface area contributed by atoms with Crippen LogP contribution in [0, 0.1) is 5.41 Å². The summed E-state index contributed by atoms with van der Waals surface area (Å²) in [6.07, 6.45) is 14.5. The molecule has 5 rings (SSSR count). The van der Waals surface area contributed by atoms with Crippen LogP contribution < -0.4 is 21.1 Å². The number of nitrogens with one attached hydrogen (secondary N) is 1. The SMILES string of the molecule is CCC1=CC(N)C(CC)(C2C=C(C(=Cc3ccc(N(CC)CC)cc3)Cc3ccccc3)NN2c2ccccc2)C=C1. The van der Waals surface area contributed by atoms with Crippen molar-refractivity contribution in [1.29, 1.82) is 0 Å². The molecule has 4 heteroatoms. The van der Waals surface area contributed by atoms with E-state index in [1.165, 1.54) is 28.0 Å². The first-order valence-electron chi connectivity index (χ1n) is 15.6. The van der Waals surface area contributed by atoms with Crippen LogP contribution in [-0.2, 0) is 6.42 Å². The van der Waals surface area contributed by atoms with Crippen LogP contribution in [0.2, 0.25) is 0 Å². The van der Waals surface area contributed by atoms with Crippen LogP contribution in [0.4, 0.5) is 11.4 Å². The Bertz CT molecular complexity index is 1430. The summed E-state index contributed by atoms with van der Waals surface area (Å²) in [6, 6.07) is 30.3. The van der Waals surface area contributed by atoms with Crippen molar-refractivity contribution >= 4 is 17.5 Å². The van der Waals surface area contributed by atoms with E-state index in [2.05, 4.69) is 158 Å². The van der Waals surface area contributed by atoms with Gasteiger partial charge in [-0.15, -0.1) is 0 Å². The second-order valence-electron chi connectivity index (χ2n) is 11.4. The summed E-state index contributed by atoms with van der Waals surface area (Å²) in [6.45, 7) is 10.9. The Morgan fingerprint density at radius 1 is 0.881 bits per heavy atom. The first kappa shape index (κ1) is 29.5. The summed E-state index contributed by atoms with van der Waals surface area (Å²) < 4.78 is 0. The molecule has 218 valence electrons. The highest BCUT2D eigenvalue weighted by Gasteiger charge is 2.46. The minimum atomic E-state index is -0.244. The lowest BCUT2D eigenvalue weighted by molar-refractivity contribution is 0.278. The summed E-state index contributed by atoms with van der Waals surface area (Å²) >= 11 is 0. The van der Waals surface area contributed by atoms with E-state index < -0.39 is 0 Å². The topological polar surface area (TPSA) is 44.5 Å². The number of para-hydroxylation sites is 1. The summed E-state index contributed by atoms with van der Waals surface area (Å²) in [7, 11) is 0. The van der Waals surface area contributed by atoms with Crippen molar-refractivity contribution < 1.29 is 0 Å². The van der Waals surface area contributed by atoms with Crippen LogP contribution in [0.3, 0.4) is 0 Å². The second-order valence-corrected chi connectivity index (χ2v) is 11.4. The van der Waals surface area contributed by atoms with Gasteiger partial charge in [0, 0.05) is 30.2 Å². The highest BCUT2D eigenvalue weighted by atomic mass is 15.5. The molecule has 0 bridgehead atoms. The molecule has 3 unspecified atom stereocenters. The fourth-order valence-corrected chi connectivity index (χ4v) is 6.38. The monoisotopic (exact) mass is 558 g/mol. The molecule has 3 atom stereocenters. The van der Waals surface area contributed by atoms with E-state index >= 15 is 0 Å². The van der Waals surface area contributed by atoms with E-state index in [1.807, 2.05) is 0 Å². The van der Waals surface area contributed by atoms with Gasteiger partial charge in [0.15, 0.2) is 0 Å². The van der Waals surface area contributed by atoms with Crippen LogP contribution in [0.15, 0.2) is 126 Å². The molecule has 0 radical (unpaired) electrons. The van der Waals surface area contributed by atoms with E-state index in [0.29, 0.717) is 0 Å². The molecular weight excluding hydrogens is 512 g/mol. The standard InChI is InChI=1S/C38H46N4/c1-5-29-23-24-38(6-2,36(39)27-29)37-28-35(40-42(37)34-17-13-10-14-18-34)32(25-30-15-11-9-12-16-30)26-31-19-21-33(22-20-31)41(7-3)8-4/h9-24,26-28,36-37,40H,5-8,25,39H2,1-4H3. The number of allylic oxidation sites excluding steroid dienone is 3. The molecule has 1 heterocycles. The summed E-state index contributed by atoms with van der Waals surface area (Å²) in [5, 5.41) is 2.33. The fraction of sp³-hybridized carbons (Fsp3) is 0.316. The maximum Gasteiger partial charge on any atom is 0.0816 e. The molecule has 3 aromatic rings. The molecule has 3 aromatic carbocycles. The van der Waals surface area contributed by atoms with Crippen molar-refractivity contribution in [3.05, 3.63) is 137 Å². The summed E-state index contributed by atoms with van der Waals surface area (Å²) in [5.41, 5.74) is 19.2. The Kier molecular flexibility index (Phi) is 9.34. The normalized spacial score (nSPS) is 22.0. The van der Waals surface area contributed by atoms with Crippen molar-refractivity contribution in [3.63, 3.8) is 0 Å². The molecule has 4 nitrogen and oxygen atoms in total. The van der Waals surface area contributed by atoms with Crippen molar-refractivity contribution in [2.75, 3.05) is 23.0 Å². The van der Waals surface area contributed by atoms with E-state index in [4.69, 9.17) is 5.73 Å². The third-order valence-electron chi connectivity index (χ3n) is 9.02. The molecule has 2 aliphatic rings. The van der Waals surface area contributed by atoms with Crippen LogP contribution in [0.5, 0.6) is 0 Å². The highest BCUT2D eigenvalue weighted by Crippen LogP contribution is 2.43. The van der Waals surface area contributed by atoms with E-state index in [1.54, 1.807) is 0 Å². The van der Waals surface area contributed by atoms with Gasteiger partial charge in [-0.1, -0.05) is 98.3 Å². The van der Waals surface area contributed by atoms with Crippen LogP contribution in [-0.4, -0.2) is 25.2 Å². The smallest absolute Gasteiger partial charge is 0.0816 e. The first-order valence-corrected chi connectivity index (χ1v) is 15.6. The number of anilines is 2. The second kappa shape index (κ2) is 13.3. The van der Waals surface area contributed by atoms with Gasteiger partial charge in [0.25, 0.3) is 0 Å². The highest BCUT2D eigenvalue weighted by molar-refractivity contribution is 5.65. The zero-order valence-corrected chi connectivity index (χ0v) is 25.6. The maximum atomic E-state index is 7.01. The number of hydrogen-bond donors (Lipinski definition) is 2. The number of benzene rings is 3. The lowest BCUT2D eigenvalue weighted by Gasteiger charge is -2.45. The van der Waals surface area contributed by atoms with Gasteiger partial charge in [0.1, 0.15) is 0 Å². The van der Waals surface area contributed by atoms with Gasteiger partial charge < -0.3 is 10.6 Å². The van der Waals surface area contributed by atoms with E-state index in [9.17, 15) is 0 Å². The van der Waals surface area contributed by atoms with Crippen LogP contribution in [0.25, 0.3) is 6.08 Å². The number of hydrogen-bond acceptors (Lipinski definition) is 4. The van der Waals surface area contributed by atoms with E-state index in [-0.39, 0.29) is 17.5 Å². The number of rotatable bonds is 11. The maximum absolute atomic E-state index is 7.01. The first-order chi connectivity index (χ1) is 20.5. The molecule has 1 aliphatic heterocycles. The van der Waals surface area contributed by atoms with Gasteiger partial charge in [0.05, 0.1) is 17.4 Å². The number of nitrogens with zero attached hydrogens (tertiary/aromatic N) is 2. The zero-order valence-electron chi connectivity index (χ0n) is 25.6. The molecule has 3 N–H and O–H groups in total. The zero-order chi connectivity index (χ0) is 29.5. The van der Waals surface area contributed by atoms with Crippen molar-refractivity contribution in [2.24, 2.45) is 11.1 Å². The number of nitrogens with two attached hydrogens (primary N) is 1. The quantitative estimate of drug-likeness (QED) is 0.250. The predicted octanol–water partition coefficient (Wildman–Crippen LogP) is 8.07. The molecule has 1 aliphatic carbocycles. The average Bonchev–Trinajstić information content (AvgIpc) is 3.49. The van der Waals surface area contributed by atoms with Crippen molar-refractivity contribution in [2.45, 2.75) is 59.0 Å². The van der Waals surface area contributed by atoms with Gasteiger partial charge >= 0.3 is 0 Å². The van der Waals surface area contributed by atoms with Gasteiger partial charge in [-0.3, -0.25) is 10.4 Å². The fourth-order valence-electron chi connectivity index (χ4n) is 6.38. The van der Waals surface area contributed by atoms with E-state index in [0.717, 1.165) is 43.7 Å². The molecule has 0 saturated carbocycles. The van der Waals surface area contributed by atoms with Crippen LogP contribution in [0.1, 0.15) is 51.7 Å². The molecule has 0 amide bonds. The average molecular weight is 559 g/mol. The van der Waals surface area contributed by atoms with Gasteiger partial charge in [-0.05, 0) is 86.2 Å². The summed E-state index contributed by atoms with van der Waals surface area (Å²) in [5.74, 6) is 0. The molecular formula is C38H46N4. The van der Waals surface area contributed by atoms with Gasteiger partial charge in [-0.25, -0.2) is 0 Å². The van der Waals surface area contributed by atoms with Gasteiger partial charge in [0.2, 0.25) is 0 Å². The minimum Gasteiger partial charge on any atom is -0.372 e. The predicted molar refractivity (Wildman–Crippen MR) is 180 cm³/mol. The third-order valence-corrected chi connectivity index (χ3v) is 9.02. The Labute approximate surface area is 252 Å². The van der Waals surface area contributed by atoms with Crippen LogP contribution >= 0.6 is 0 Å². The molecule has 42 heavy (non-hydrogen) atoms. The van der Waals surface area contributed by atoms with Crippen molar-refractivity contribution in [3.8, 4) is 0 Å². The molecule has 0 aromatic heterocycles. The molecule has 0 fully saturated rings. The third kappa shape index (κ3) is 6.10. The minimum absolute atomic E-state index is 0.0463. The van der Waals surface area contributed by atoms with Gasteiger partial charge in [-0.2, -0.15) is 0 Å². The largest absolute Gasteiger partial charge is 0.372 e. The summed E-state index contributed by atoms with van der Waals surface area (Å²) in [4.78, 5) is 2.38. The Morgan fingerprint density at radius 2 is 1.55 bits per heavy atom. The van der Waals surface area contributed by atoms with Crippen molar-refractivity contribution in [1.82, 2.24) is 5.43 Å².